The molecule has 9 nitrogen and oxygen atoms in total. The van der Waals surface area contributed by atoms with Crippen molar-refractivity contribution < 1.29 is 29.7 Å². The molecule has 0 bridgehead atoms. The Morgan fingerprint density at radius 3 is 2.62 bits per heavy atom. The molecule has 0 radical (unpaired) electrons. The lowest BCUT2D eigenvalue weighted by Gasteiger charge is -2.50. The van der Waals surface area contributed by atoms with Crippen molar-refractivity contribution >= 4 is 17.5 Å². The average Bonchev–Trinajstić information content (AvgIpc) is 2.64. The Balaban J connectivity index is 1.96. The van der Waals surface area contributed by atoms with Crippen LogP contribution in [0.5, 0.6) is 0 Å². The Kier molecular flexibility index (Phi) is 4.14. The molecular weight excluding hydrogens is 378 g/mol. The van der Waals surface area contributed by atoms with Crippen molar-refractivity contribution in [3.05, 3.63) is 52.3 Å². The molecule has 4 rings (SSSR count). The van der Waals surface area contributed by atoms with E-state index in [9.17, 15) is 29.7 Å². The summed E-state index contributed by atoms with van der Waals surface area (Å²) >= 11 is 0. The average molecular weight is 399 g/mol. The summed E-state index contributed by atoms with van der Waals surface area (Å²) in [5, 5.41) is 33.0. The van der Waals surface area contributed by atoms with Gasteiger partial charge in [-0.15, -0.1) is 0 Å². The van der Waals surface area contributed by atoms with Gasteiger partial charge in [-0.3, -0.25) is 24.3 Å². The number of aromatic nitrogens is 1. The van der Waals surface area contributed by atoms with E-state index in [1.165, 1.54) is 4.90 Å². The molecule has 0 saturated carbocycles. The molecule has 0 aliphatic heterocycles. The van der Waals surface area contributed by atoms with Crippen LogP contribution in [-0.2, 0) is 16.0 Å². The zero-order chi connectivity index (χ0) is 21.2. The van der Waals surface area contributed by atoms with Gasteiger partial charge in [0.05, 0.1) is 11.7 Å². The second-order valence-corrected chi connectivity index (χ2v) is 7.96. The third-order valence-electron chi connectivity index (χ3n) is 6.21. The minimum Gasteiger partial charge on any atom is -0.510 e. The number of rotatable bonds is 2. The van der Waals surface area contributed by atoms with Crippen LogP contribution >= 0.6 is 0 Å². The molecule has 9 heteroatoms. The summed E-state index contributed by atoms with van der Waals surface area (Å²) in [6, 6.07) is 2.21. The van der Waals surface area contributed by atoms with Crippen LogP contribution in [0.1, 0.15) is 22.5 Å². The zero-order valence-corrected chi connectivity index (χ0v) is 15.9. The van der Waals surface area contributed by atoms with E-state index in [0.29, 0.717) is 17.7 Å². The van der Waals surface area contributed by atoms with Crippen molar-refractivity contribution in [3.8, 4) is 0 Å². The number of Topliss-reactive ketones (excluding diaryl/α,β-unsaturated/α-hetero) is 2. The lowest BCUT2D eigenvalue weighted by molar-refractivity contribution is -0.148. The number of fused-ring (bicyclic) bond motifs is 3. The fourth-order valence-corrected chi connectivity index (χ4v) is 4.95. The van der Waals surface area contributed by atoms with Gasteiger partial charge in [0, 0.05) is 23.3 Å². The highest BCUT2D eigenvalue weighted by Crippen LogP contribution is 2.51. The highest BCUT2D eigenvalue weighted by Gasteiger charge is 2.63. The molecule has 0 spiro atoms. The highest BCUT2D eigenvalue weighted by atomic mass is 16.3. The number of aliphatic hydroxyl groups excluding tert-OH is 2. The summed E-state index contributed by atoms with van der Waals surface area (Å²) in [4.78, 5) is 43.7. The van der Waals surface area contributed by atoms with Crippen molar-refractivity contribution in [1.82, 2.24) is 9.88 Å². The molecule has 4 atom stereocenters. The third-order valence-corrected chi connectivity index (χ3v) is 6.21. The number of pyridine rings is 1. The molecule has 1 aromatic rings. The van der Waals surface area contributed by atoms with E-state index in [2.05, 4.69) is 4.98 Å². The summed E-state index contributed by atoms with van der Waals surface area (Å²) in [7, 11) is 3.21. The Morgan fingerprint density at radius 2 is 2.00 bits per heavy atom. The molecule has 1 amide bonds. The second-order valence-electron chi connectivity index (χ2n) is 7.96. The van der Waals surface area contributed by atoms with Crippen molar-refractivity contribution in [1.29, 1.82) is 0 Å². The molecule has 5 N–H and O–H groups in total. The van der Waals surface area contributed by atoms with Crippen LogP contribution in [0, 0.1) is 11.8 Å². The number of amides is 1. The number of carbonyl (C=O) groups excluding carboxylic acids is 3. The summed E-state index contributed by atoms with van der Waals surface area (Å²) in [5.74, 6) is -5.72. The zero-order valence-electron chi connectivity index (χ0n) is 15.9. The van der Waals surface area contributed by atoms with Gasteiger partial charge in [0.25, 0.3) is 5.91 Å². The topological polar surface area (TPSA) is 154 Å². The number of primary amides is 1. The fraction of sp³-hybridized carbons (Fsp3) is 0.400. The van der Waals surface area contributed by atoms with Gasteiger partial charge >= 0.3 is 0 Å². The first kappa shape index (κ1) is 19.3. The van der Waals surface area contributed by atoms with Crippen LogP contribution in [0.3, 0.4) is 0 Å². The number of carbonyl (C=O) groups is 3. The molecule has 152 valence electrons. The first-order chi connectivity index (χ1) is 13.6. The van der Waals surface area contributed by atoms with E-state index >= 15 is 0 Å². The number of aliphatic hydroxyl groups is 3. The maximum Gasteiger partial charge on any atom is 0.255 e. The van der Waals surface area contributed by atoms with Gasteiger partial charge in [-0.1, -0.05) is 0 Å². The molecule has 1 heterocycles. The first-order valence-electron chi connectivity index (χ1n) is 9.19. The van der Waals surface area contributed by atoms with Crippen LogP contribution in [0.25, 0.3) is 0 Å². The first-order valence-corrected chi connectivity index (χ1v) is 9.19. The van der Waals surface area contributed by atoms with Crippen molar-refractivity contribution in [3.63, 3.8) is 0 Å². The Labute approximate surface area is 166 Å². The van der Waals surface area contributed by atoms with Crippen LogP contribution in [0.15, 0.2) is 41.0 Å². The number of likely N-dealkylation sites (N-methyl/N-ethyl adjacent to an activating group) is 1. The molecule has 29 heavy (non-hydrogen) atoms. The number of hydrogen-bond donors (Lipinski definition) is 4. The van der Waals surface area contributed by atoms with Crippen molar-refractivity contribution in [2.24, 2.45) is 17.6 Å². The van der Waals surface area contributed by atoms with Crippen LogP contribution in [0.2, 0.25) is 0 Å². The van der Waals surface area contributed by atoms with Crippen LogP contribution in [-0.4, -0.2) is 68.4 Å². The fourth-order valence-electron chi connectivity index (χ4n) is 4.95. The van der Waals surface area contributed by atoms with Gasteiger partial charge in [-0.2, -0.15) is 0 Å². The van der Waals surface area contributed by atoms with E-state index in [0.717, 1.165) is 0 Å². The van der Waals surface area contributed by atoms with E-state index in [4.69, 9.17) is 5.73 Å². The van der Waals surface area contributed by atoms with Gasteiger partial charge in [-0.25, -0.2) is 0 Å². The summed E-state index contributed by atoms with van der Waals surface area (Å²) < 4.78 is 0. The number of hydrogen-bond acceptors (Lipinski definition) is 8. The normalized spacial score (nSPS) is 31.5. The van der Waals surface area contributed by atoms with Gasteiger partial charge < -0.3 is 21.1 Å². The molecule has 0 aromatic carbocycles. The molecule has 3 aliphatic rings. The van der Waals surface area contributed by atoms with E-state index in [1.807, 2.05) is 0 Å². The molecule has 0 unspecified atom stereocenters. The minimum absolute atomic E-state index is 0.0553. The van der Waals surface area contributed by atoms with Crippen molar-refractivity contribution in [2.75, 3.05) is 14.1 Å². The van der Waals surface area contributed by atoms with E-state index < -0.39 is 58.0 Å². The van der Waals surface area contributed by atoms with Gasteiger partial charge in [-0.05, 0) is 45.0 Å². The third kappa shape index (κ3) is 2.41. The summed E-state index contributed by atoms with van der Waals surface area (Å²) in [5.41, 5.74) is 2.80. The molecule has 0 saturated heterocycles. The van der Waals surface area contributed by atoms with Gasteiger partial charge in [0.2, 0.25) is 5.78 Å². The number of ketones is 2. The van der Waals surface area contributed by atoms with Gasteiger partial charge in [0.1, 0.15) is 17.1 Å². The number of nitrogens with zero attached hydrogens (tertiary/aromatic N) is 2. The SMILES string of the molecule is CN(C)[C@@H]1C(O)=C(C(N)=O)C(=O)[C@@]2(O)C(O)=C3C(=O)c4cccnc4C[C@H]3C[C@@H]12. The van der Waals surface area contributed by atoms with Crippen LogP contribution in [0.4, 0.5) is 0 Å². The molecule has 1 aromatic heterocycles. The summed E-state index contributed by atoms with van der Waals surface area (Å²) in [6.45, 7) is 0. The Hall–Kier alpha value is -3.04. The number of allylic oxidation sites excluding steroid dienone is 1. The smallest absolute Gasteiger partial charge is 0.255 e. The quantitative estimate of drug-likeness (QED) is 0.499. The maximum absolute atomic E-state index is 13.0. The summed E-state index contributed by atoms with van der Waals surface area (Å²) in [6.07, 6.45) is 2.04. The second kappa shape index (κ2) is 6.23. The largest absolute Gasteiger partial charge is 0.510 e. The molecular formula is C20H21N3O6. The number of nitrogens with two attached hydrogens (primary N) is 1. The van der Waals surface area contributed by atoms with E-state index in [1.54, 1.807) is 32.4 Å². The molecule has 0 fully saturated rings. The Morgan fingerprint density at radius 1 is 1.31 bits per heavy atom. The molecule has 3 aliphatic carbocycles. The highest BCUT2D eigenvalue weighted by molar-refractivity contribution is 6.24. The van der Waals surface area contributed by atoms with Crippen LogP contribution < -0.4 is 5.73 Å². The standard InChI is InChI=1S/C20H21N3O6/c1-23(2)14-10-6-8-7-11-9(4-3-5-22-11)15(24)12(8)17(26)20(10,29)18(27)13(16(14)25)19(21)28/h3-5,8,10,14,25-26,29H,6-7H2,1-2H3,(H2,21,28)/t8-,10+,14+,20+/m1/s1. The lowest BCUT2D eigenvalue weighted by atomic mass is 9.59. The predicted molar refractivity (Wildman–Crippen MR) is 99.8 cm³/mol. The maximum atomic E-state index is 13.0. The lowest BCUT2D eigenvalue weighted by Crippen LogP contribution is -2.63. The monoisotopic (exact) mass is 399 g/mol. The predicted octanol–water partition coefficient (Wildman–Crippen LogP) is -0.190. The van der Waals surface area contributed by atoms with Gasteiger partial charge in [0.15, 0.2) is 11.4 Å². The minimum atomic E-state index is -2.53. The van der Waals surface area contributed by atoms with E-state index in [-0.39, 0.29) is 12.0 Å². The Bertz CT molecular complexity index is 1030. The van der Waals surface area contributed by atoms with Crippen molar-refractivity contribution in [2.45, 2.75) is 24.5 Å².